The number of amides is 1. The number of nitrogens with one attached hydrogen (secondary N) is 1. The number of azo groups is 1. The normalized spacial score (nSPS) is 11.1. The first-order valence-electron chi connectivity index (χ1n) is 10.7. The Bertz CT molecular complexity index is 1360. The third-order valence-corrected chi connectivity index (χ3v) is 5.32. The van der Waals surface area contributed by atoms with Gasteiger partial charge in [-0.15, -0.1) is 0 Å². The summed E-state index contributed by atoms with van der Waals surface area (Å²) in [6.45, 7) is -0.200. The van der Waals surface area contributed by atoms with Crippen molar-refractivity contribution in [2.75, 3.05) is 6.61 Å². The molecule has 4 aromatic rings. The minimum atomic E-state index is -0.432. The van der Waals surface area contributed by atoms with Crippen LogP contribution in [-0.2, 0) is 4.79 Å². The summed E-state index contributed by atoms with van der Waals surface area (Å²) in [4.78, 5) is 12.1. The molecular weight excluding hydrogens is 508 g/mol. The average Bonchev–Trinajstić information content (AvgIpc) is 2.88. The lowest BCUT2D eigenvalue weighted by molar-refractivity contribution is -0.123. The molecule has 0 aliphatic heterocycles. The molecular formula is C27H21BrN4O3. The lowest BCUT2D eigenvalue weighted by Gasteiger charge is -2.07. The lowest BCUT2D eigenvalue weighted by atomic mass is 10.1. The molecule has 2 N–H and O–H groups in total. The van der Waals surface area contributed by atoms with Crippen molar-refractivity contribution in [3.63, 3.8) is 0 Å². The minimum Gasteiger partial charge on any atom is -0.507 e. The summed E-state index contributed by atoms with van der Waals surface area (Å²) in [5.74, 6) is 0.141. The molecule has 0 spiro atoms. The van der Waals surface area contributed by atoms with Gasteiger partial charge in [-0.1, -0.05) is 64.5 Å². The molecule has 0 aromatic heterocycles. The van der Waals surface area contributed by atoms with Crippen molar-refractivity contribution in [3.05, 3.63) is 107 Å². The molecule has 7 nitrogen and oxygen atoms in total. The maximum atomic E-state index is 12.1. The highest BCUT2D eigenvalue weighted by atomic mass is 79.9. The zero-order chi connectivity index (χ0) is 24.5. The quantitative estimate of drug-likeness (QED) is 0.150. The number of nitrogens with zero attached hydrogens (tertiary/aromatic N) is 3. The van der Waals surface area contributed by atoms with Crippen LogP contribution in [0.25, 0.3) is 11.1 Å². The van der Waals surface area contributed by atoms with Crippen molar-refractivity contribution in [2.45, 2.75) is 0 Å². The SMILES string of the molecule is O=C(COc1ccc(-c2ccccc2)cc1)NN=Cc1cc(N=Nc2cccc(Br)c2)ccc1O. The van der Waals surface area contributed by atoms with Crippen molar-refractivity contribution in [2.24, 2.45) is 15.3 Å². The fourth-order valence-corrected chi connectivity index (χ4v) is 3.48. The van der Waals surface area contributed by atoms with Gasteiger partial charge in [0, 0.05) is 10.0 Å². The predicted octanol–water partition coefficient (Wildman–Crippen LogP) is 6.77. The largest absolute Gasteiger partial charge is 0.507 e. The van der Waals surface area contributed by atoms with E-state index in [-0.39, 0.29) is 12.4 Å². The topological polar surface area (TPSA) is 95.6 Å². The molecule has 0 saturated heterocycles. The van der Waals surface area contributed by atoms with Gasteiger partial charge in [-0.2, -0.15) is 15.3 Å². The van der Waals surface area contributed by atoms with E-state index in [9.17, 15) is 9.90 Å². The molecule has 8 heteroatoms. The minimum absolute atomic E-state index is 0.000777. The van der Waals surface area contributed by atoms with E-state index in [0.717, 1.165) is 15.6 Å². The summed E-state index contributed by atoms with van der Waals surface area (Å²) in [6, 6.07) is 29.6. The molecule has 1 amide bonds. The molecule has 0 heterocycles. The van der Waals surface area contributed by atoms with Gasteiger partial charge in [-0.3, -0.25) is 4.79 Å². The lowest BCUT2D eigenvalue weighted by Crippen LogP contribution is -2.24. The maximum Gasteiger partial charge on any atom is 0.277 e. The van der Waals surface area contributed by atoms with Crippen LogP contribution in [0.3, 0.4) is 0 Å². The first-order chi connectivity index (χ1) is 17.1. The third-order valence-electron chi connectivity index (χ3n) is 4.82. The predicted molar refractivity (Wildman–Crippen MR) is 140 cm³/mol. The van der Waals surface area contributed by atoms with Crippen LogP contribution in [0.2, 0.25) is 0 Å². The molecule has 0 radical (unpaired) electrons. The second-order valence-corrected chi connectivity index (χ2v) is 8.31. The van der Waals surface area contributed by atoms with E-state index >= 15 is 0 Å². The summed E-state index contributed by atoms with van der Waals surface area (Å²) in [5, 5.41) is 22.3. The van der Waals surface area contributed by atoms with E-state index in [1.165, 1.54) is 12.3 Å². The van der Waals surface area contributed by atoms with E-state index < -0.39 is 5.91 Å². The summed E-state index contributed by atoms with van der Waals surface area (Å²) < 4.78 is 6.42. The third kappa shape index (κ3) is 7.09. The van der Waals surface area contributed by atoms with Crippen LogP contribution < -0.4 is 10.2 Å². The van der Waals surface area contributed by atoms with Crippen LogP contribution in [0.15, 0.2) is 117 Å². The van der Waals surface area contributed by atoms with Gasteiger partial charge >= 0.3 is 0 Å². The van der Waals surface area contributed by atoms with E-state index in [0.29, 0.717) is 22.7 Å². The molecule has 4 aromatic carbocycles. The monoisotopic (exact) mass is 528 g/mol. The van der Waals surface area contributed by atoms with Crippen LogP contribution in [0.5, 0.6) is 11.5 Å². The molecule has 0 fully saturated rings. The van der Waals surface area contributed by atoms with Gasteiger partial charge in [0.15, 0.2) is 6.61 Å². The maximum absolute atomic E-state index is 12.1. The fourth-order valence-electron chi connectivity index (χ4n) is 3.09. The average molecular weight is 529 g/mol. The van der Waals surface area contributed by atoms with E-state index in [1.54, 1.807) is 12.1 Å². The molecule has 0 saturated carbocycles. The Labute approximate surface area is 210 Å². The van der Waals surface area contributed by atoms with Gasteiger partial charge in [0.25, 0.3) is 5.91 Å². The first kappa shape index (κ1) is 23.8. The number of phenolic OH excluding ortho intramolecular Hbond substituents is 1. The van der Waals surface area contributed by atoms with E-state index in [2.05, 4.69) is 36.7 Å². The zero-order valence-electron chi connectivity index (χ0n) is 18.5. The fraction of sp³-hybridized carbons (Fsp3) is 0.0370. The molecule has 0 atom stereocenters. The molecule has 4 rings (SSSR count). The van der Waals surface area contributed by atoms with E-state index in [4.69, 9.17) is 4.74 Å². The van der Waals surface area contributed by atoms with Crippen molar-refractivity contribution < 1.29 is 14.6 Å². The molecule has 0 unspecified atom stereocenters. The van der Waals surface area contributed by atoms with Gasteiger partial charge in [-0.05, 0) is 59.7 Å². The summed E-state index contributed by atoms with van der Waals surface area (Å²) in [6.07, 6.45) is 1.33. The number of phenols is 1. The van der Waals surface area contributed by atoms with Gasteiger partial charge in [0.05, 0.1) is 17.6 Å². The highest BCUT2D eigenvalue weighted by Crippen LogP contribution is 2.25. The number of carbonyl (C=O) groups excluding carboxylic acids is 1. The Morgan fingerprint density at radius 3 is 2.31 bits per heavy atom. The van der Waals surface area contributed by atoms with Crippen molar-refractivity contribution in [3.8, 4) is 22.6 Å². The molecule has 35 heavy (non-hydrogen) atoms. The molecule has 174 valence electrons. The number of hydrogen-bond donors (Lipinski definition) is 2. The van der Waals surface area contributed by atoms with Gasteiger partial charge in [-0.25, -0.2) is 5.43 Å². The number of carbonyl (C=O) groups is 1. The smallest absolute Gasteiger partial charge is 0.277 e. The Kier molecular flexibility index (Phi) is 7.98. The highest BCUT2D eigenvalue weighted by molar-refractivity contribution is 9.10. The van der Waals surface area contributed by atoms with Crippen LogP contribution in [0.4, 0.5) is 11.4 Å². The number of ether oxygens (including phenoxy) is 1. The van der Waals surface area contributed by atoms with Gasteiger partial charge in [0.1, 0.15) is 11.5 Å². The highest BCUT2D eigenvalue weighted by Gasteiger charge is 2.04. The Hall–Kier alpha value is -4.30. The molecule has 0 aliphatic rings. The van der Waals surface area contributed by atoms with Crippen molar-refractivity contribution in [1.82, 2.24) is 5.43 Å². The van der Waals surface area contributed by atoms with Crippen LogP contribution in [0, 0.1) is 0 Å². The standard InChI is InChI=1S/C27H21BrN4O3/c28-22-7-4-8-23(16-22)30-31-24-11-14-26(33)21(15-24)17-29-32-27(34)18-35-25-12-9-20(10-13-25)19-5-2-1-3-6-19/h1-17,33H,18H2,(H,32,34). The first-order valence-corrected chi connectivity index (χ1v) is 11.5. The molecule has 0 aliphatic carbocycles. The van der Waals surface area contributed by atoms with Crippen molar-refractivity contribution in [1.29, 1.82) is 0 Å². The zero-order valence-corrected chi connectivity index (χ0v) is 20.1. The second-order valence-electron chi connectivity index (χ2n) is 7.40. The van der Waals surface area contributed by atoms with Crippen LogP contribution >= 0.6 is 15.9 Å². The van der Waals surface area contributed by atoms with Crippen LogP contribution in [0.1, 0.15) is 5.56 Å². The second kappa shape index (κ2) is 11.7. The summed E-state index contributed by atoms with van der Waals surface area (Å²) in [7, 11) is 0. The van der Waals surface area contributed by atoms with E-state index in [1.807, 2.05) is 78.9 Å². The number of benzene rings is 4. The van der Waals surface area contributed by atoms with Gasteiger partial charge < -0.3 is 9.84 Å². The Morgan fingerprint density at radius 1 is 0.857 bits per heavy atom. The number of aromatic hydroxyl groups is 1. The number of hydrogen-bond acceptors (Lipinski definition) is 6. The number of hydrazone groups is 1. The van der Waals surface area contributed by atoms with Gasteiger partial charge in [0.2, 0.25) is 0 Å². The van der Waals surface area contributed by atoms with Crippen molar-refractivity contribution >= 4 is 39.4 Å². The number of rotatable bonds is 8. The summed E-state index contributed by atoms with van der Waals surface area (Å²) in [5.41, 5.74) is 6.14. The summed E-state index contributed by atoms with van der Waals surface area (Å²) >= 11 is 3.39. The molecule has 0 bridgehead atoms. The van der Waals surface area contributed by atoms with Crippen LogP contribution in [-0.4, -0.2) is 23.8 Å². The number of halogens is 1. The Balaban J connectivity index is 1.30. The Morgan fingerprint density at radius 2 is 1.57 bits per heavy atom.